The van der Waals surface area contributed by atoms with E-state index in [4.69, 9.17) is 5.21 Å². The van der Waals surface area contributed by atoms with Gasteiger partial charge in [0.1, 0.15) is 0 Å². The molecule has 0 spiro atoms. The molecule has 0 bridgehead atoms. The predicted molar refractivity (Wildman–Crippen MR) is 118 cm³/mol. The number of nitrogens with one attached hydrogen (secondary N) is 2. The first-order valence-electron chi connectivity index (χ1n) is 10.9. The maximum Gasteiger partial charge on any atom is 0.317 e. The molecule has 2 saturated heterocycles. The number of hydroxylamine groups is 1. The molecule has 2 aromatic rings. The number of hydrogen-bond acceptors (Lipinski definition) is 4. The molecule has 0 aliphatic carbocycles. The summed E-state index contributed by atoms with van der Waals surface area (Å²) in [5.74, 6) is -0.383. The maximum absolute atomic E-state index is 12.6. The lowest BCUT2D eigenvalue weighted by atomic mass is 9.88. The Morgan fingerprint density at radius 1 is 1.09 bits per heavy atom. The fraction of sp³-hybridized carbons (Fsp3) is 0.375. The van der Waals surface area contributed by atoms with Gasteiger partial charge in [-0.25, -0.2) is 10.3 Å². The molecule has 2 heterocycles. The first-order chi connectivity index (χ1) is 15.5. The van der Waals surface area contributed by atoms with Gasteiger partial charge in [0.15, 0.2) is 0 Å². The summed E-state index contributed by atoms with van der Waals surface area (Å²) in [6.45, 7) is 3.62. The van der Waals surface area contributed by atoms with E-state index in [2.05, 4.69) is 30.4 Å². The van der Waals surface area contributed by atoms with E-state index >= 15 is 0 Å². The number of amides is 4. The van der Waals surface area contributed by atoms with E-state index in [9.17, 15) is 14.4 Å². The summed E-state index contributed by atoms with van der Waals surface area (Å²) < 4.78 is 0. The van der Waals surface area contributed by atoms with Gasteiger partial charge >= 0.3 is 6.03 Å². The molecule has 32 heavy (non-hydrogen) atoms. The molecule has 3 N–H and O–H groups in total. The van der Waals surface area contributed by atoms with Crippen molar-refractivity contribution in [2.75, 3.05) is 13.1 Å². The number of carbonyl (C=O) groups is 3. The average molecular weight is 437 g/mol. The monoisotopic (exact) mass is 436 g/mol. The van der Waals surface area contributed by atoms with Crippen LogP contribution in [0.5, 0.6) is 0 Å². The molecule has 8 heteroatoms. The van der Waals surface area contributed by atoms with Crippen molar-refractivity contribution in [3.05, 3.63) is 70.8 Å². The zero-order valence-electron chi connectivity index (χ0n) is 18.1. The Morgan fingerprint density at radius 2 is 1.81 bits per heavy atom. The third-order valence-electron chi connectivity index (χ3n) is 6.33. The highest BCUT2D eigenvalue weighted by Crippen LogP contribution is 2.39. The minimum atomic E-state index is -0.575. The first kappa shape index (κ1) is 21.8. The number of nitrogens with zero attached hydrogens (tertiary/aromatic N) is 2. The third kappa shape index (κ3) is 4.60. The molecule has 1 atom stereocenters. The number of piperidine rings is 1. The Kier molecular flexibility index (Phi) is 6.41. The summed E-state index contributed by atoms with van der Waals surface area (Å²) in [5, 5.41) is 11.6. The quantitative estimate of drug-likeness (QED) is 0.381. The highest BCUT2D eigenvalue weighted by atomic mass is 16.5. The zero-order chi connectivity index (χ0) is 22.7. The molecular weight excluding hydrogens is 408 g/mol. The van der Waals surface area contributed by atoms with Gasteiger partial charge in [0.25, 0.3) is 5.91 Å². The number of rotatable bonds is 5. The maximum atomic E-state index is 12.6. The van der Waals surface area contributed by atoms with Gasteiger partial charge in [-0.1, -0.05) is 42.0 Å². The number of benzene rings is 2. The SMILES string of the molecule is Cc1cccc(C2CC(=O)N2C2CCN(C(=O)NCc3ccc(C(=O)NO)cc3)CC2)c1. The van der Waals surface area contributed by atoms with Gasteiger partial charge in [-0.3, -0.25) is 14.8 Å². The Bertz CT molecular complexity index is 999. The van der Waals surface area contributed by atoms with E-state index in [0.29, 0.717) is 31.6 Å². The van der Waals surface area contributed by atoms with Crippen LogP contribution in [0, 0.1) is 6.92 Å². The minimum Gasteiger partial charge on any atom is -0.334 e. The van der Waals surface area contributed by atoms with Crippen LogP contribution in [-0.2, 0) is 11.3 Å². The van der Waals surface area contributed by atoms with Gasteiger partial charge in [-0.2, -0.15) is 0 Å². The van der Waals surface area contributed by atoms with Crippen molar-refractivity contribution in [1.29, 1.82) is 0 Å². The fourth-order valence-corrected chi connectivity index (χ4v) is 4.52. The van der Waals surface area contributed by atoms with Gasteiger partial charge in [0.05, 0.1) is 12.5 Å². The molecule has 4 rings (SSSR count). The molecule has 2 fully saturated rings. The largest absolute Gasteiger partial charge is 0.334 e. The van der Waals surface area contributed by atoms with E-state index in [1.165, 1.54) is 11.1 Å². The molecule has 8 nitrogen and oxygen atoms in total. The third-order valence-corrected chi connectivity index (χ3v) is 6.33. The first-order valence-corrected chi connectivity index (χ1v) is 10.9. The molecule has 2 aromatic carbocycles. The minimum absolute atomic E-state index is 0.134. The summed E-state index contributed by atoms with van der Waals surface area (Å²) in [7, 11) is 0. The molecule has 2 aliphatic heterocycles. The van der Waals surface area contributed by atoms with Crippen LogP contribution in [0.4, 0.5) is 4.79 Å². The molecule has 0 radical (unpaired) electrons. The lowest BCUT2D eigenvalue weighted by Gasteiger charge is -2.48. The Balaban J connectivity index is 1.27. The Morgan fingerprint density at radius 3 is 2.44 bits per heavy atom. The molecule has 0 aromatic heterocycles. The second kappa shape index (κ2) is 9.40. The van der Waals surface area contributed by atoms with Gasteiger partial charge < -0.3 is 15.1 Å². The molecule has 0 saturated carbocycles. The zero-order valence-corrected chi connectivity index (χ0v) is 18.1. The number of hydrogen-bond donors (Lipinski definition) is 3. The van der Waals surface area contributed by atoms with E-state index in [0.717, 1.165) is 18.4 Å². The summed E-state index contributed by atoms with van der Waals surface area (Å²) >= 11 is 0. The highest BCUT2D eigenvalue weighted by molar-refractivity contribution is 5.93. The number of carbonyl (C=O) groups excluding carboxylic acids is 3. The van der Waals surface area contributed by atoms with Crippen LogP contribution < -0.4 is 10.8 Å². The summed E-state index contributed by atoms with van der Waals surface area (Å²) in [4.78, 5) is 40.1. The standard InChI is InChI=1S/C24H28N4O4/c1-16-3-2-4-19(13-16)21-14-22(29)28(21)20-9-11-27(12-10-20)24(31)25-15-17-5-7-18(8-6-17)23(30)26-32/h2-8,13,20-21,32H,9-12,14-15H2,1H3,(H,25,31)(H,26,30). The van der Waals surface area contributed by atoms with Crippen molar-refractivity contribution in [2.45, 2.75) is 44.8 Å². The van der Waals surface area contributed by atoms with Gasteiger partial charge in [0, 0.05) is 31.2 Å². The van der Waals surface area contributed by atoms with Crippen molar-refractivity contribution in [3.63, 3.8) is 0 Å². The number of β-lactam (4-membered cyclic amide) rings is 1. The molecule has 168 valence electrons. The van der Waals surface area contributed by atoms with Crippen molar-refractivity contribution >= 4 is 17.8 Å². The summed E-state index contributed by atoms with van der Waals surface area (Å²) in [6.07, 6.45) is 2.10. The molecule has 4 amide bonds. The van der Waals surface area contributed by atoms with Crippen LogP contribution in [0.15, 0.2) is 48.5 Å². The summed E-state index contributed by atoms with van der Waals surface area (Å²) in [5.41, 5.74) is 5.17. The van der Waals surface area contributed by atoms with Crippen molar-refractivity contribution in [2.24, 2.45) is 0 Å². The van der Waals surface area contributed by atoms with E-state index < -0.39 is 5.91 Å². The molecule has 1 unspecified atom stereocenters. The topological polar surface area (TPSA) is 102 Å². The van der Waals surface area contributed by atoms with Crippen LogP contribution in [0.3, 0.4) is 0 Å². The summed E-state index contributed by atoms with van der Waals surface area (Å²) in [6, 6.07) is 15.2. The van der Waals surface area contributed by atoms with Gasteiger partial charge in [-0.05, 0) is 43.0 Å². The number of likely N-dealkylation sites (tertiary alicyclic amines) is 2. The van der Waals surface area contributed by atoms with Crippen LogP contribution in [-0.4, -0.2) is 52.0 Å². The highest BCUT2D eigenvalue weighted by Gasteiger charge is 2.42. The lowest BCUT2D eigenvalue weighted by Crippen LogP contribution is -2.56. The van der Waals surface area contributed by atoms with E-state index in [1.54, 1.807) is 34.6 Å². The van der Waals surface area contributed by atoms with E-state index in [1.807, 2.05) is 11.0 Å². The van der Waals surface area contributed by atoms with Crippen LogP contribution >= 0.6 is 0 Å². The second-order valence-corrected chi connectivity index (χ2v) is 8.45. The Labute approximate surface area is 187 Å². The predicted octanol–water partition coefficient (Wildman–Crippen LogP) is 2.76. The van der Waals surface area contributed by atoms with Crippen molar-refractivity contribution < 1.29 is 19.6 Å². The smallest absolute Gasteiger partial charge is 0.317 e. The lowest BCUT2D eigenvalue weighted by molar-refractivity contribution is -0.151. The van der Waals surface area contributed by atoms with Crippen molar-refractivity contribution in [3.8, 4) is 0 Å². The second-order valence-electron chi connectivity index (χ2n) is 8.45. The van der Waals surface area contributed by atoms with E-state index in [-0.39, 0.29) is 24.0 Å². The van der Waals surface area contributed by atoms with Crippen LogP contribution in [0.25, 0.3) is 0 Å². The average Bonchev–Trinajstić information content (AvgIpc) is 2.81. The Hall–Kier alpha value is -3.39. The van der Waals surface area contributed by atoms with Gasteiger partial charge in [-0.15, -0.1) is 0 Å². The van der Waals surface area contributed by atoms with Crippen LogP contribution in [0.1, 0.15) is 52.4 Å². The molecular formula is C24H28N4O4. The normalized spacial score (nSPS) is 18.8. The van der Waals surface area contributed by atoms with Gasteiger partial charge in [0.2, 0.25) is 5.91 Å². The van der Waals surface area contributed by atoms with Crippen molar-refractivity contribution in [1.82, 2.24) is 20.6 Å². The fourth-order valence-electron chi connectivity index (χ4n) is 4.52. The number of urea groups is 1. The van der Waals surface area contributed by atoms with Crippen LogP contribution in [0.2, 0.25) is 0 Å². The molecule has 2 aliphatic rings. The number of aryl methyl sites for hydroxylation is 1.